The van der Waals surface area contributed by atoms with Gasteiger partial charge >= 0.3 is 0 Å². The fourth-order valence-corrected chi connectivity index (χ4v) is 1.26. The summed E-state index contributed by atoms with van der Waals surface area (Å²) >= 11 is 0. The molecule has 1 aromatic carbocycles. The molecular weight excluding hydrogens is 178 g/mol. The number of anilines is 2. The fraction of sp³-hybridized carbons (Fsp3) is 0. The molecule has 0 aromatic heterocycles. The second kappa shape index (κ2) is 3.23. The SMILES string of the molecule is N#C/C=C1/Nc2ccccc2NC1=O. The standard InChI is InChI=1S/C10H7N3O/c11-6-5-9-10(14)13-8-4-2-1-3-7(8)12-9/h1-5,12H,(H,13,14)/b9-5+. The molecule has 0 saturated heterocycles. The van der Waals surface area contributed by atoms with Gasteiger partial charge in [0, 0.05) is 6.08 Å². The van der Waals surface area contributed by atoms with Crippen molar-refractivity contribution in [3.63, 3.8) is 0 Å². The molecule has 1 aromatic rings. The predicted octanol–water partition coefficient (Wildman–Crippen LogP) is 1.46. The van der Waals surface area contributed by atoms with Crippen molar-refractivity contribution in [2.24, 2.45) is 0 Å². The minimum absolute atomic E-state index is 0.270. The van der Waals surface area contributed by atoms with Gasteiger partial charge < -0.3 is 10.6 Å². The van der Waals surface area contributed by atoms with Crippen LogP contribution in [0.2, 0.25) is 0 Å². The van der Waals surface area contributed by atoms with E-state index in [1.807, 2.05) is 24.3 Å². The quantitative estimate of drug-likeness (QED) is 0.475. The van der Waals surface area contributed by atoms with Crippen LogP contribution in [0, 0.1) is 11.3 Å². The largest absolute Gasteiger partial charge is 0.349 e. The highest BCUT2D eigenvalue weighted by Gasteiger charge is 2.18. The lowest BCUT2D eigenvalue weighted by Gasteiger charge is -2.19. The fourth-order valence-electron chi connectivity index (χ4n) is 1.26. The van der Waals surface area contributed by atoms with Crippen LogP contribution in [0.3, 0.4) is 0 Å². The molecule has 0 fully saturated rings. The van der Waals surface area contributed by atoms with Crippen LogP contribution in [0.25, 0.3) is 0 Å². The summed E-state index contributed by atoms with van der Waals surface area (Å²) in [5, 5.41) is 14.0. The van der Waals surface area contributed by atoms with Crippen molar-refractivity contribution in [2.45, 2.75) is 0 Å². The van der Waals surface area contributed by atoms with Gasteiger partial charge in [0.15, 0.2) is 0 Å². The highest BCUT2D eigenvalue weighted by atomic mass is 16.2. The topological polar surface area (TPSA) is 64.9 Å². The van der Waals surface area contributed by atoms with Crippen LogP contribution in [0.1, 0.15) is 0 Å². The van der Waals surface area contributed by atoms with E-state index in [2.05, 4.69) is 10.6 Å². The third-order valence-electron chi connectivity index (χ3n) is 1.90. The Balaban J connectivity index is 2.42. The zero-order valence-corrected chi connectivity index (χ0v) is 7.24. The third kappa shape index (κ3) is 1.31. The van der Waals surface area contributed by atoms with E-state index in [4.69, 9.17) is 5.26 Å². The number of fused-ring (bicyclic) bond motifs is 1. The maximum atomic E-state index is 11.4. The monoisotopic (exact) mass is 185 g/mol. The Kier molecular flexibility index (Phi) is 1.92. The zero-order chi connectivity index (χ0) is 9.97. The van der Waals surface area contributed by atoms with Crippen LogP contribution in [-0.4, -0.2) is 5.91 Å². The number of hydrogen-bond acceptors (Lipinski definition) is 3. The number of carbonyl (C=O) groups is 1. The molecule has 0 atom stereocenters. The number of allylic oxidation sites excluding steroid dienone is 1. The molecule has 2 rings (SSSR count). The van der Waals surface area contributed by atoms with Crippen molar-refractivity contribution < 1.29 is 4.79 Å². The van der Waals surface area contributed by atoms with E-state index in [0.29, 0.717) is 0 Å². The Morgan fingerprint density at radius 1 is 1.21 bits per heavy atom. The first-order valence-corrected chi connectivity index (χ1v) is 4.08. The van der Waals surface area contributed by atoms with E-state index in [1.54, 1.807) is 6.07 Å². The molecule has 0 saturated carbocycles. The maximum Gasteiger partial charge on any atom is 0.272 e. The molecule has 0 aliphatic carbocycles. The smallest absolute Gasteiger partial charge is 0.272 e. The summed E-state index contributed by atoms with van der Waals surface area (Å²) in [7, 11) is 0. The Bertz CT molecular complexity index is 457. The minimum Gasteiger partial charge on any atom is -0.349 e. The van der Waals surface area contributed by atoms with Gasteiger partial charge in [-0.15, -0.1) is 0 Å². The van der Waals surface area contributed by atoms with E-state index in [-0.39, 0.29) is 11.6 Å². The first kappa shape index (κ1) is 8.32. The van der Waals surface area contributed by atoms with Crippen molar-refractivity contribution >= 4 is 17.3 Å². The average molecular weight is 185 g/mol. The second-order valence-corrected chi connectivity index (χ2v) is 2.81. The summed E-state index contributed by atoms with van der Waals surface area (Å²) < 4.78 is 0. The molecule has 68 valence electrons. The number of nitriles is 1. The van der Waals surface area contributed by atoms with E-state index < -0.39 is 0 Å². The lowest BCUT2D eigenvalue weighted by molar-refractivity contribution is -0.112. The Morgan fingerprint density at radius 2 is 1.86 bits per heavy atom. The lowest BCUT2D eigenvalue weighted by Crippen LogP contribution is -2.25. The summed E-state index contributed by atoms with van der Waals surface area (Å²) in [6.07, 6.45) is 1.19. The van der Waals surface area contributed by atoms with Crippen molar-refractivity contribution in [3.05, 3.63) is 36.0 Å². The summed E-state index contributed by atoms with van der Waals surface area (Å²) in [5.74, 6) is -0.287. The number of para-hydroxylation sites is 2. The molecule has 0 spiro atoms. The molecule has 4 nitrogen and oxygen atoms in total. The Morgan fingerprint density at radius 3 is 2.50 bits per heavy atom. The van der Waals surface area contributed by atoms with Crippen LogP contribution in [0.5, 0.6) is 0 Å². The van der Waals surface area contributed by atoms with Crippen molar-refractivity contribution in [2.75, 3.05) is 10.6 Å². The van der Waals surface area contributed by atoms with Crippen LogP contribution < -0.4 is 10.6 Å². The molecule has 1 heterocycles. The van der Waals surface area contributed by atoms with Crippen molar-refractivity contribution in [3.8, 4) is 6.07 Å². The summed E-state index contributed by atoms with van der Waals surface area (Å²) in [5.41, 5.74) is 1.80. The third-order valence-corrected chi connectivity index (χ3v) is 1.90. The highest BCUT2D eigenvalue weighted by molar-refractivity contribution is 6.11. The van der Waals surface area contributed by atoms with Gasteiger partial charge in [-0.1, -0.05) is 12.1 Å². The Labute approximate surface area is 80.8 Å². The summed E-state index contributed by atoms with van der Waals surface area (Å²) in [4.78, 5) is 11.4. The van der Waals surface area contributed by atoms with Gasteiger partial charge in [-0.3, -0.25) is 4.79 Å². The van der Waals surface area contributed by atoms with Gasteiger partial charge in [-0.2, -0.15) is 5.26 Å². The number of amides is 1. The van der Waals surface area contributed by atoms with E-state index in [1.165, 1.54) is 6.08 Å². The number of nitrogens with one attached hydrogen (secondary N) is 2. The van der Waals surface area contributed by atoms with E-state index >= 15 is 0 Å². The van der Waals surface area contributed by atoms with Crippen LogP contribution in [0.15, 0.2) is 36.0 Å². The van der Waals surface area contributed by atoms with Gasteiger partial charge in [0.25, 0.3) is 5.91 Å². The summed E-state index contributed by atoms with van der Waals surface area (Å²) in [6, 6.07) is 9.13. The molecule has 1 aliphatic heterocycles. The van der Waals surface area contributed by atoms with Gasteiger partial charge in [-0.05, 0) is 12.1 Å². The maximum absolute atomic E-state index is 11.4. The number of rotatable bonds is 0. The Hall–Kier alpha value is -2.28. The van der Waals surface area contributed by atoms with Crippen molar-refractivity contribution in [1.82, 2.24) is 0 Å². The van der Waals surface area contributed by atoms with Crippen LogP contribution in [0.4, 0.5) is 11.4 Å². The first-order valence-electron chi connectivity index (χ1n) is 4.08. The lowest BCUT2D eigenvalue weighted by atomic mass is 10.2. The predicted molar refractivity (Wildman–Crippen MR) is 52.4 cm³/mol. The molecule has 0 radical (unpaired) electrons. The second-order valence-electron chi connectivity index (χ2n) is 2.81. The molecule has 4 heteroatoms. The molecule has 0 unspecified atom stereocenters. The average Bonchev–Trinajstić information content (AvgIpc) is 2.19. The van der Waals surface area contributed by atoms with Gasteiger partial charge in [0.2, 0.25) is 0 Å². The van der Waals surface area contributed by atoms with Crippen LogP contribution in [-0.2, 0) is 4.79 Å². The summed E-state index contributed by atoms with van der Waals surface area (Å²) in [6.45, 7) is 0. The normalized spacial score (nSPS) is 16.5. The highest BCUT2D eigenvalue weighted by Crippen LogP contribution is 2.26. The number of hydrogen-bond donors (Lipinski definition) is 2. The molecule has 14 heavy (non-hydrogen) atoms. The number of benzene rings is 1. The zero-order valence-electron chi connectivity index (χ0n) is 7.24. The van der Waals surface area contributed by atoms with Crippen LogP contribution >= 0.6 is 0 Å². The number of carbonyl (C=O) groups excluding carboxylic acids is 1. The van der Waals surface area contributed by atoms with Gasteiger partial charge in [0.05, 0.1) is 17.4 Å². The molecular formula is C10H7N3O. The van der Waals surface area contributed by atoms with Crippen molar-refractivity contribution in [1.29, 1.82) is 5.26 Å². The van der Waals surface area contributed by atoms with Gasteiger partial charge in [-0.25, -0.2) is 0 Å². The molecule has 2 N–H and O–H groups in total. The first-order chi connectivity index (χ1) is 6.81. The number of nitrogens with zero attached hydrogens (tertiary/aromatic N) is 1. The van der Waals surface area contributed by atoms with E-state index in [0.717, 1.165) is 11.4 Å². The molecule has 1 amide bonds. The molecule has 0 bridgehead atoms. The van der Waals surface area contributed by atoms with Gasteiger partial charge in [0.1, 0.15) is 5.70 Å². The minimum atomic E-state index is -0.287. The molecule has 1 aliphatic rings. The van der Waals surface area contributed by atoms with E-state index in [9.17, 15) is 4.79 Å².